The van der Waals surface area contributed by atoms with Crippen LogP contribution in [0.1, 0.15) is 25.5 Å². The summed E-state index contributed by atoms with van der Waals surface area (Å²) in [5, 5.41) is 3.29. The van der Waals surface area contributed by atoms with Crippen molar-refractivity contribution in [1.29, 1.82) is 0 Å². The zero-order valence-electron chi connectivity index (χ0n) is 11.5. The number of hydrogen-bond donors (Lipinski definition) is 2. The molecule has 1 aliphatic rings. The molecule has 1 aliphatic carbocycles. The molecular formula is C12H19BrN2O3S2. The number of thioether (sulfide) groups is 1. The van der Waals surface area contributed by atoms with Gasteiger partial charge in [-0.3, -0.25) is 0 Å². The van der Waals surface area contributed by atoms with Crippen LogP contribution in [-0.2, 0) is 16.6 Å². The molecule has 1 unspecified atom stereocenters. The van der Waals surface area contributed by atoms with Crippen LogP contribution in [0.4, 0.5) is 0 Å². The van der Waals surface area contributed by atoms with Gasteiger partial charge in [0.15, 0.2) is 4.67 Å². The highest BCUT2D eigenvalue weighted by Gasteiger charge is 2.25. The molecule has 1 aromatic rings. The first-order valence-corrected chi connectivity index (χ1v) is 10.1. The highest BCUT2D eigenvalue weighted by molar-refractivity contribution is 9.10. The average molecular weight is 383 g/mol. The van der Waals surface area contributed by atoms with E-state index in [0.717, 1.165) is 5.75 Å². The molecule has 0 spiro atoms. The first kappa shape index (κ1) is 16.4. The fraction of sp³-hybridized carbons (Fsp3) is 0.667. The maximum absolute atomic E-state index is 12.3. The van der Waals surface area contributed by atoms with E-state index < -0.39 is 10.0 Å². The van der Waals surface area contributed by atoms with Crippen LogP contribution in [0, 0.1) is 0 Å². The maximum atomic E-state index is 12.3. The lowest BCUT2D eigenvalue weighted by Crippen LogP contribution is -2.34. The fourth-order valence-electron chi connectivity index (χ4n) is 1.81. The highest BCUT2D eigenvalue weighted by atomic mass is 79.9. The van der Waals surface area contributed by atoms with Gasteiger partial charge in [0.05, 0.1) is 6.54 Å². The van der Waals surface area contributed by atoms with Crippen molar-refractivity contribution in [2.75, 3.05) is 12.0 Å². The van der Waals surface area contributed by atoms with Gasteiger partial charge in [-0.2, -0.15) is 11.8 Å². The van der Waals surface area contributed by atoms with Gasteiger partial charge in [0.25, 0.3) is 0 Å². The fourth-order valence-corrected chi connectivity index (χ4v) is 4.74. The predicted octanol–water partition coefficient (Wildman–Crippen LogP) is 2.32. The SMILES string of the molecule is CSCC(C)NS(=O)(=O)c1cc(CNC2CC2)oc1Br. The summed E-state index contributed by atoms with van der Waals surface area (Å²) < 4.78 is 32.9. The van der Waals surface area contributed by atoms with Crippen LogP contribution in [0.15, 0.2) is 20.0 Å². The summed E-state index contributed by atoms with van der Waals surface area (Å²) in [4.78, 5) is 0.165. The lowest BCUT2D eigenvalue weighted by molar-refractivity contribution is 0.459. The highest BCUT2D eigenvalue weighted by Crippen LogP contribution is 2.27. The first-order valence-electron chi connectivity index (χ1n) is 6.45. The zero-order chi connectivity index (χ0) is 14.8. The van der Waals surface area contributed by atoms with E-state index in [4.69, 9.17) is 4.42 Å². The molecular weight excluding hydrogens is 364 g/mol. The largest absolute Gasteiger partial charge is 0.452 e. The van der Waals surface area contributed by atoms with Crippen LogP contribution in [0.3, 0.4) is 0 Å². The Balaban J connectivity index is 2.05. The van der Waals surface area contributed by atoms with Gasteiger partial charge in [0.1, 0.15) is 10.7 Å². The topological polar surface area (TPSA) is 71.3 Å². The smallest absolute Gasteiger partial charge is 0.245 e. The van der Waals surface area contributed by atoms with Crippen LogP contribution < -0.4 is 10.0 Å². The third kappa shape index (κ3) is 4.49. The maximum Gasteiger partial charge on any atom is 0.245 e. The number of hydrogen-bond acceptors (Lipinski definition) is 5. The molecule has 1 heterocycles. The van der Waals surface area contributed by atoms with Crippen molar-refractivity contribution >= 4 is 37.7 Å². The van der Waals surface area contributed by atoms with E-state index in [1.54, 1.807) is 17.8 Å². The van der Waals surface area contributed by atoms with E-state index in [1.807, 2.05) is 13.2 Å². The molecule has 0 radical (unpaired) electrons. The van der Waals surface area contributed by atoms with Crippen molar-refractivity contribution in [1.82, 2.24) is 10.0 Å². The summed E-state index contributed by atoms with van der Waals surface area (Å²) >= 11 is 4.79. The quantitative estimate of drug-likeness (QED) is 0.721. The molecule has 114 valence electrons. The molecule has 1 atom stereocenters. The normalized spacial score (nSPS) is 17.4. The van der Waals surface area contributed by atoms with Gasteiger partial charge < -0.3 is 9.73 Å². The van der Waals surface area contributed by atoms with E-state index in [2.05, 4.69) is 26.0 Å². The lowest BCUT2D eigenvalue weighted by atomic mass is 10.4. The van der Waals surface area contributed by atoms with Gasteiger partial charge in [-0.05, 0) is 42.0 Å². The molecule has 0 bridgehead atoms. The third-order valence-electron chi connectivity index (χ3n) is 2.91. The number of halogens is 1. The van der Waals surface area contributed by atoms with E-state index in [0.29, 0.717) is 18.3 Å². The Hall–Kier alpha value is -0.0200. The van der Waals surface area contributed by atoms with Crippen molar-refractivity contribution in [3.05, 3.63) is 16.5 Å². The molecule has 20 heavy (non-hydrogen) atoms. The Bertz CT molecular complexity index is 555. The Kier molecular flexibility index (Phi) is 5.58. The monoisotopic (exact) mass is 382 g/mol. The first-order chi connectivity index (χ1) is 9.42. The molecule has 0 saturated heterocycles. The standard InChI is InChI=1S/C12H19BrN2O3S2/c1-8(7-19-2)15-20(16,17)11-5-10(18-12(11)13)6-14-9-3-4-9/h5,8-9,14-15H,3-4,6-7H2,1-2H3. The Morgan fingerprint density at radius 3 is 2.85 bits per heavy atom. The second-order valence-corrected chi connectivity index (χ2v) is 8.30. The molecule has 1 saturated carbocycles. The summed E-state index contributed by atoms with van der Waals surface area (Å²) in [6, 6.07) is 2.01. The van der Waals surface area contributed by atoms with Crippen molar-refractivity contribution in [2.24, 2.45) is 0 Å². The third-order valence-corrected chi connectivity index (χ3v) is 6.19. The van der Waals surface area contributed by atoms with Gasteiger partial charge in [-0.15, -0.1) is 0 Å². The molecule has 0 aliphatic heterocycles. The van der Waals surface area contributed by atoms with Crippen LogP contribution in [0.2, 0.25) is 0 Å². The van der Waals surface area contributed by atoms with E-state index in [-0.39, 0.29) is 15.6 Å². The van der Waals surface area contributed by atoms with Gasteiger partial charge >= 0.3 is 0 Å². The molecule has 0 amide bonds. The van der Waals surface area contributed by atoms with E-state index in [9.17, 15) is 8.42 Å². The Morgan fingerprint density at radius 1 is 1.55 bits per heavy atom. The number of furan rings is 1. The summed E-state index contributed by atoms with van der Waals surface area (Å²) in [5.41, 5.74) is 0. The number of rotatable bonds is 8. The average Bonchev–Trinajstić information content (AvgIpc) is 3.09. The molecule has 1 aromatic heterocycles. The van der Waals surface area contributed by atoms with Crippen LogP contribution in [0.5, 0.6) is 0 Å². The minimum absolute atomic E-state index is 0.121. The predicted molar refractivity (Wildman–Crippen MR) is 84.4 cm³/mol. The van der Waals surface area contributed by atoms with E-state index >= 15 is 0 Å². The minimum Gasteiger partial charge on any atom is -0.452 e. The summed E-state index contributed by atoms with van der Waals surface area (Å²) in [5.74, 6) is 1.35. The second kappa shape index (κ2) is 6.83. The van der Waals surface area contributed by atoms with Crippen LogP contribution >= 0.6 is 27.7 Å². The molecule has 2 N–H and O–H groups in total. The Morgan fingerprint density at radius 2 is 2.25 bits per heavy atom. The minimum atomic E-state index is -3.55. The van der Waals surface area contributed by atoms with Gasteiger partial charge in [0, 0.05) is 23.9 Å². The van der Waals surface area contributed by atoms with Crippen LogP contribution in [-0.4, -0.2) is 32.5 Å². The van der Waals surface area contributed by atoms with E-state index in [1.165, 1.54) is 12.8 Å². The van der Waals surface area contributed by atoms with Gasteiger partial charge in [-0.1, -0.05) is 0 Å². The van der Waals surface area contributed by atoms with Crippen molar-refractivity contribution in [3.8, 4) is 0 Å². The summed E-state index contributed by atoms with van der Waals surface area (Å²) in [6.07, 6.45) is 4.31. The summed E-state index contributed by atoms with van der Waals surface area (Å²) in [7, 11) is -3.55. The molecule has 8 heteroatoms. The van der Waals surface area contributed by atoms with Crippen molar-refractivity contribution in [2.45, 2.75) is 43.3 Å². The Labute approximate surface area is 132 Å². The lowest BCUT2D eigenvalue weighted by Gasteiger charge is -2.11. The van der Waals surface area contributed by atoms with Crippen molar-refractivity contribution < 1.29 is 12.8 Å². The summed E-state index contributed by atoms with van der Waals surface area (Å²) in [6.45, 7) is 2.40. The van der Waals surface area contributed by atoms with Gasteiger partial charge in [-0.25, -0.2) is 13.1 Å². The van der Waals surface area contributed by atoms with Crippen molar-refractivity contribution in [3.63, 3.8) is 0 Å². The number of sulfonamides is 1. The molecule has 0 aromatic carbocycles. The molecule has 2 rings (SSSR count). The zero-order valence-corrected chi connectivity index (χ0v) is 14.7. The van der Waals surface area contributed by atoms with Gasteiger partial charge in [0.2, 0.25) is 10.0 Å². The number of nitrogens with one attached hydrogen (secondary N) is 2. The van der Waals surface area contributed by atoms with Crippen LogP contribution in [0.25, 0.3) is 0 Å². The molecule has 1 fully saturated rings. The molecule has 5 nitrogen and oxygen atoms in total. The second-order valence-electron chi connectivity index (χ2n) is 4.98.